The maximum Gasteiger partial charge on any atom is 0.269 e. The molecule has 0 saturated carbocycles. The molecule has 4 nitrogen and oxygen atoms in total. The van der Waals surface area contributed by atoms with Crippen LogP contribution in [0.1, 0.15) is 5.69 Å². The first-order chi connectivity index (χ1) is 7.13. The number of aryl methyl sites for hydroxylation is 1. The number of nitrogens with zero attached hydrogens (tertiary/aromatic N) is 3. The third kappa shape index (κ3) is 1.47. The molecule has 0 aliphatic rings. The van der Waals surface area contributed by atoms with Crippen LogP contribution in [0, 0.1) is 11.3 Å². The molecule has 0 aromatic carbocycles. The summed E-state index contributed by atoms with van der Waals surface area (Å²) in [5.41, 5.74) is 1.23. The highest BCUT2D eigenvalue weighted by Crippen LogP contribution is 2.13. The van der Waals surface area contributed by atoms with Gasteiger partial charge in [0.1, 0.15) is 16.8 Å². The van der Waals surface area contributed by atoms with E-state index >= 15 is 0 Å². The molecule has 0 saturated heterocycles. The van der Waals surface area contributed by atoms with Gasteiger partial charge in [-0.05, 0) is 18.2 Å². The first kappa shape index (κ1) is 9.69. The van der Waals surface area contributed by atoms with Gasteiger partial charge in [-0.15, -0.1) is 0 Å². The third-order valence-electron chi connectivity index (χ3n) is 2.15. The molecule has 2 aromatic heterocycles. The fraction of sp³-hybridized carbons (Fsp3) is 0.100. The molecule has 0 spiro atoms. The summed E-state index contributed by atoms with van der Waals surface area (Å²) in [6.45, 7) is 0. The molecule has 2 aromatic rings. The van der Waals surface area contributed by atoms with Crippen LogP contribution in [-0.2, 0) is 7.05 Å². The highest BCUT2D eigenvalue weighted by Gasteiger charge is 2.06. The first-order valence-electron chi connectivity index (χ1n) is 4.20. The van der Waals surface area contributed by atoms with Crippen molar-refractivity contribution < 1.29 is 0 Å². The molecule has 2 rings (SSSR count). The van der Waals surface area contributed by atoms with Crippen LogP contribution in [0.2, 0.25) is 5.02 Å². The summed E-state index contributed by atoms with van der Waals surface area (Å²) in [5, 5.41) is 8.78. The van der Waals surface area contributed by atoms with Crippen molar-refractivity contribution in [3.8, 4) is 6.07 Å². The Bertz CT molecular complexity index is 639. The van der Waals surface area contributed by atoms with Crippen molar-refractivity contribution in [3.05, 3.63) is 39.3 Å². The number of pyridine rings is 2. The van der Waals surface area contributed by atoms with Gasteiger partial charge in [0.15, 0.2) is 0 Å². The number of hydrogen-bond donors (Lipinski definition) is 0. The first-order valence-corrected chi connectivity index (χ1v) is 4.57. The Morgan fingerprint density at radius 1 is 1.53 bits per heavy atom. The van der Waals surface area contributed by atoms with Crippen LogP contribution in [0.4, 0.5) is 0 Å². The zero-order chi connectivity index (χ0) is 11.0. The largest absolute Gasteiger partial charge is 0.309 e. The van der Waals surface area contributed by atoms with Crippen molar-refractivity contribution >= 4 is 22.6 Å². The summed E-state index contributed by atoms with van der Waals surface area (Å²) in [5.74, 6) is 0. The predicted molar refractivity (Wildman–Crippen MR) is 56.7 cm³/mol. The van der Waals surface area contributed by atoms with E-state index in [1.165, 1.54) is 10.6 Å². The molecular weight excluding hydrogens is 214 g/mol. The maximum atomic E-state index is 11.5. The van der Waals surface area contributed by atoms with Gasteiger partial charge in [-0.2, -0.15) is 5.26 Å². The Morgan fingerprint density at radius 2 is 2.27 bits per heavy atom. The lowest BCUT2D eigenvalue weighted by Crippen LogP contribution is -2.17. The molecule has 0 aliphatic heterocycles. The van der Waals surface area contributed by atoms with Crippen molar-refractivity contribution in [1.82, 2.24) is 9.55 Å². The Kier molecular flexibility index (Phi) is 2.18. The highest BCUT2D eigenvalue weighted by molar-refractivity contribution is 6.30. The van der Waals surface area contributed by atoms with Crippen molar-refractivity contribution in [2.45, 2.75) is 0 Å². The topological polar surface area (TPSA) is 58.7 Å². The normalized spacial score (nSPS) is 10.2. The Morgan fingerprint density at radius 3 is 2.93 bits per heavy atom. The number of fused-ring (bicyclic) bond motifs is 1. The van der Waals surface area contributed by atoms with Crippen LogP contribution < -0.4 is 5.56 Å². The van der Waals surface area contributed by atoms with E-state index in [1.54, 1.807) is 19.2 Å². The Labute approximate surface area is 90.3 Å². The second-order valence-electron chi connectivity index (χ2n) is 3.07. The summed E-state index contributed by atoms with van der Waals surface area (Å²) in [6.07, 6.45) is 0. The average Bonchev–Trinajstić information content (AvgIpc) is 2.25. The Hall–Kier alpha value is -1.86. The molecule has 0 N–H and O–H groups in total. The number of halogens is 1. The fourth-order valence-corrected chi connectivity index (χ4v) is 1.60. The van der Waals surface area contributed by atoms with Gasteiger partial charge < -0.3 is 4.57 Å². The molecular formula is C10H6ClN3O. The molecule has 0 unspecified atom stereocenters. The molecule has 2 heterocycles. The van der Waals surface area contributed by atoms with E-state index in [0.29, 0.717) is 16.7 Å². The van der Waals surface area contributed by atoms with Crippen molar-refractivity contribution in [2.24, 2.45) is 7.05 Å². The smallest absolute Gasteiger partial charge is 0.269 e. The molecule has 5 heteroatoms. The minimum atomic E-state index is -0.268. The lowest BCUT2D eigenvalue weighted by Gasteiger charge is -2.04. The molecule has 74 valence electrons. The van der Waals surface area contributed by atoms with Crippen molar-refractivity contribution in [1.29, 1.82) is 5.26 Å². The van der Waals surface area contributed by atoms with Gasteiger partial charge in [0.25, 0.3) is 5.56 Å². The zero-order valence-electron chi connectivity index (χ0n) is 7.86. The van der Waals surface area contributed by atoms with E-state index in [0.717, 1.165) is 0 Å². The fourth-order valence-electron chi connectivity index (χ4n) is 1.37. The zero-order valence-corrected chi connectivity index (χ0v) is 8.62. The standard InChI is InChI=1S/C10H6ClN3O/c1-14-9-3-2-6(5-12)13-8(9)4-7(11)10(14)15/h2-4H,1H3. The molecule has 0 radical (unpaired) electrons. The third-order valence-corrected chi connectivity index (χ3v) is 2.42. The molecule has 0 fully saturated rings. The monoisotopic (exact) mass is 219 g/mol. The van der Waals surface area contributed by atoms with Gasteiger partial charge in [-0.25, -0.2) is 4.98 Å². The quantitative estimate of drug-likeness (QED) is 0.674. The second-order valence-corrected chi connectivity index (χ2v) is 3.48. The Balaban J connectivity index is 2.94. The van der Waals surface area contributed by atoms with E-state index in [9.17, 15) is 4.79 Å². The number of nitriles is 1. The predicted octanol–water partition coefficient (Wildman–Crippen LogP) is 1.46. The van der Waals surface area contributed by atoms with Crippen molar-refractivity contribution in [3.63, 3.8) is 0 Å². The van der Waals surface area contributed by atoms with Crippen LogP contribution in [-0.4, -0.2) is 9.55 Å². The van der Waals surface area contributed by atoms with E-state index < -0.39 is 0 Å². The SMILES string of the molecule is Cn1c(=O)c(Cl)cc2nc(C#N)ccc21. The number of rotatable bonds is 0. The summed E-state index contributed by atoms with van der Waals surface area (Å²) in [6, 6.07) is 6.65. The molecule has 0 bridgehead atoms. The van der Waals surface area contributed by atoms with Crippen LogP contribution in [0.5, 0.6) is 0 Å². The van der Waals surface area contributed by atoms with Crippen LogP contribution in [0.3, 0.4) is 0 Å². The van der Waals surface area contributed by atoms with E-state index in [2.05, 4.69) is 4.98 Å². The van der Waals surface area contributed by atoms with E-state index in [1.807, 2.05) is 6.07 Å². The van der Waals surface area contributed by atoms with E-state index in [4.69, 9.17) is 16.9 Å². The van der Waals surface area contributed by atoms with Crippen LogP contribution >= 0.6 is 11.6 Å². The summed E-state index contributed by atoms with van der Waals surface area (Å²) in [7, 11) is 1.62. The summed E-state index contributed by atoms with van der Waals surface area (Å²) < 4.78 is 1.41. The van der Waals surface area contributed by atoms with Gasteiger partial charge in [0.05, 0.1) is 11.0 Å². The van der Waals surface area contributed by atoms with Crippen molar-refractivity contribution in [2.75, 3.05) is 0 Å². The molecule has 0 atom stereocenters. The molecule has 0 amide bonds. The van der Waals surface area contributed by atoms with Gasteiger partial charge >= 0.3 is 0 Å². The lowest BCUT2D eigenvalue weighted by molar-refractivity contribution is 0.903. The van der Waals surface area contributed by atoms with Gasteiger partial charge in [-0.1, -0.05) is 11.6 Å². The highest BCUT2D eigenvalue weighted by atomic mass is 35.5. The molecule has 0 aliphatic carbocycles. The average molecular weight is 220 g/mol. The van der Waals surface area contributed by atoms with Crippen LogP contribution in [0.15, 0.2) is 23.0 Å². The van der Waals surface area contributed by atoms with E-state index in [-0.39, 0.29) is 10.6 Å². The second kappa shape index (κ2) is 3.37. The van der Waals surface area contributed by atoms with Gasteiger partial charge in [0.2, 0.25) is 0 Å². The van der Waals surface area contributed by atoms with Gasteiger partial charge in [-0.3, -0.25) is 4.79 Å². The summed E-state index contributed by atoms with van der Waals surface area (Å²) in [4.78, 5) is 15.5. The lowest BCUT2D eigenvalue weighted by atomic mass is 10.3. The minimum absolute atomic E-state index is 0.104. The summed E-state index contributed by atoms with van der Waals surface area (Å²) >= 11 is 5.73. The van der Waals surface area contributed by atoms with Crippen LogP contribution in [0.25, 0.3) is 11.0 Å². The maximum absolute atomic E-state index is 11.5. The molecule has 15 heavy (non-hydrogen) atoms. The minimum Gasteiger partial charge on any atom is -0.309 e. The number of hydrogen-bond acceptors (Lipinski definition) is 3. The van der Waals surface area contributed by atoms with Gasteiger partial charge in [0, 0.05) is 7.05 Å². The number of aromatic nitrogens is 2.